The van der Waals surface area contributed by atoms with Gasteiger partial charge >= 0.3 is 12.2 Å². The van der Waals surface area contributed by atoms with Crippen LogP contribution >= 0.6 is 0 Å². The lowest BCUT2D eigenvalue weighted by atomic mass is 9.91. The number of ether oxygens (including phenoxy) is 1. The lowest BCUT2D eigenvalue weighted by molar-refractivity contribution is -0.127. The highest BCUT2D eigenvalue weighted by molar-refractivity contribution is 5.88. The molecule has 1 saturated heterocycles. The fourth-order valence-electron chi connectivity index (χ4n) is 3.36. The van der Waals surface area contributed by atoms with Gasteiger partial charge in [-0.05, 0) is 23.5 Å². The number of carbonyl (C=O) groups excluding carboxylic acids is 1. The van der Waals surface area contributed by atoms with Gasteiger partial charge in [0.25, 0.3) is 0 Å². The van der Waals surface area contributed by atoms with E-state index < -0.39 is 12.6 Å². The number of piperidine rings is 1. The zero-order valence-corrected chi connectivity index (χ0v) is 16.7. The van der Waals surface area contributed by atoms with Gasteiger partial charge in [-0.3, -0.25) is 5.32 Å². The first kappa shape index (κ1) is 21.6. The molecule has 1 aliphatic rings. The molecule has 1 atom stereocenters. The Morgan fingerprint density at radius 3 is 2.77 bits per heavy atom. The van der Waals surface area contributed by atoms with E-state index in [0.717, 1.165) is 11.1 Å². The second-order valence-corrected chi connectivity index (χ2v) is 7.23. The first-order valence-corrected chi connectivity index (χ1v) is 9.51. The molecule has 2 amide bonds. The van der Waals surface area contributed by atoms with Gasteiger partial charge in [0.05, 0.1) is 25.9 Å². The molecule has 1 aliphatic heterocycles. The van der Waals surface area contributed by atoms with E-state index in [2.05, 4.69) is 15.3 Å². The molecule has 0 saturated carbocycles. The van der Waals surface area contributed by atoms with E-state index in [1.807, 2.05) is 13.0 Å². The number of alkyl halides is 3. The SMILES string of the molecule is COc1cnc(NC(=O)N2CCC(=Cc3cccc(CC(F)(F)F)c3)C(C)C2)cn1. The molecule has 160 valence electrons. The monoisotopic (exact) mass is 420 g/mol. The Kier molecular flexibility index (Phi) is 6.59. The van der Waals surface area contributed by atoms with Crippen molar-refractivity contribution in [1.82, 2.24) is 14.9 Å². The molecule has 0 radical (unpaired) electrons. The maximum Gasteiger partial charge on any atom is 0.393 e. The summed E-state index contributed by atoms with van der Waals surface area (Å²) in [6, 6.07) is 6.20. The van der Waals surface area contributed by atoms with Gasteiger partial charge in [-0.15, -0.1) is 0 Å². The lowest BCUT2D eigenvalue weighted by Gasteiger charge is -2.33. The van der Waals surface area contributed by atoms with Crippen LogP contribution in [0.4, 0.5) is 23.8 Å². The molecule has 3 rings (SSSR count). The fourth-order valence-corrected chi connectivity index (χ4v) is 3.36. The Labute approximate surface area is 172 Å². The molecule has 2 heterocycles. The predicted octanol–water partition coefficient (Wildman–Crippen LogP) is 4.55. The van der Waals surface area contributed by atoms with E-state index in [4.69, 9.17) is 4.74 Å². The zero-order chi connectivity index (χ0) is 21.7. The number of anilines is 1. The van der Waals surface area contributed by atoms with E-state index in [1.54, 1.807) is 23.1 Å². The number of rotatable bonds is 4. The van der Waals surface area contributed by atoms with Gasteiger partial charge in [-0.1, -0.05) is 42.8 Å². The highest BCUT2D eigenvalue weighted by Gasteiger charge is 2.28. The average molecular weight is 420 g/mol. The Balaban J connectivity index is 1.61. The summed E-state index contributed by atoms with van der Waals surface area (Å²) in [6.45, 7) is 3.01. The number of halogens is 3. The summed E-state index contributed by atoms with van der Waals surface area (Å²) in [5.74, 6) is 0.766. The van der Waals surface area contributed by atoms with Gasteiger partial charge in [0.1, 0.15) is 0 Å². The predicted molar refractivity (Wildman–Crippen MR) is 107 cm³/mol. The number of hydrogen-bond acceptors (Lipinski definition) is 4. The maximum absolute atomic E-state index is 12.6. The summed E-state index contributed by atoms with van der Waals surface area (Å²) >= 11 is 0. The lowest BCUT2D eigenvalue weighted by Crippen LogP contribution is -2.42. The number of methoxy groups -OCH3 is 1. The van der Waals surface area contributed by atoms with Crippen molar-refractivity contribution in [3.8, 4) is 5.88 Å². The third-order valence-electron chi connectivity index (χ3n) is 4.86. The summed E-state index contributed by atoms with van der Waals surface area (Å²) in [4.78, 5) is 22.3. The number of aromatic nitrogens is 2. The number of hydrogen-bond donors (Lipinski definition) is 1. The summed E-state index contributed by atoms with van der Waals surface area (Å²) in [6.07, 6.45) is 0.237. The molecular formula is C21H23F3N4O2. The van der Waals surface area contributed by atoms with Crippen LogP contribution in [-0.4, -0.2) is 47.3 Å². The number of benzene rings is 1. The van der Waals surface area contributed by atoms with Crippen LogP contribution in [0.5, 0.6) is 5.88 Å². The van der Waals surface area contributed by atoms with Gasteiger partial charge in [0, 0.05) is 13.1 Å². The van der Waals surface area contributed by atoms with Crippen LogP contribution in [0.2, 0.25) is 0 Å². The van der Waals surface area contributed by atoms with E-state index in [0.29, 0.717) is 31.2 Å². The number of likely N-dealkylation sites (tertiary alicyclic amines) is 1. The molecule has 0 aliphatic carbocycles. The van der Waals surface area contributed by atoms with Crippen molar-refractivity contribution in [3.05, 3.63) is 53.4 Å². The van der Waals surface area contributed by atoms with Crippen LogP contribution in [-0.2, 0) is 6.42 Å². The van der Waals surface area contributed by atoms with Crippen molar-refractivity contribution in [2.24, 2.45) is 5.92 Å². The molecule has 2 aromatic rings. The second-order valence-electron chi connectivity index (χ2n) is 7.23. The summed E-state index contributed by atoms with van der Waals surface area (Å²) in [7, 11) is 1.48. The summed E-state index contributed by atoms with van der Waals surface area (Å²) in [5.41, 5.74) is 2.08. The van der Waals surface area contributed by atoms with Gasteiger partial charge in [0.15, 0.2) is 5.82 Å². The Hall–Kier alpha value is -3.10. The minimum atomic E-state index is -4.23. The summed E-state index contributed by atoms with van der Waals surface area (Å²) in [5, 5.41) is 2.71. The highest BCUT2D eigenvalue weighted by Crippen LogP contribution is 2.27. The molecule has 9 heteroatoms. The van der Waals surface area contributed by atoms with Crippen LogP contribution in [0.25, 0.3) is 6.08 Å². The molecule has 1 fully saturated rings. The number of amides is 2. The first-order valence-electron chi connectivity index (χ1n) is 9.51. The van der Waals surface area contributed by atoms with Gasteiger partial charge in [-0.25, -0.2) is 14.8 Å². The third-order valence-corrected chi connectivity index (χ3v) is 4.86. The Morgan fingerprint density at radius 2 is 2.13 bits per heavy atom. The van der Waals surface area contributed by atoms with Crippen LogP contribution in [0, 0.1) is 5.92 Å². The van der Waals surface area contributed by atoms with Gasteiger partial charge in [0.2, 0.25) is 5.88 Å². The third kappa shape index (κ3) is 5.95. The Bertz CT molecular complexity index is 913. The second kappa shape index (κ2) is 9.15. The topological polar surface area (TPSA) is 67.3 Å². The molecule has 0 bridgehead atoms. The molecular weight excluding hydrogens is 397 g/mol. The fraction of sp³-hybridized carbons (Fsp3) is 0.381. The smallest absolute Gasteiger partial charge is 0.393 e. The van der Waals surface area contributed by atoms with Crippen LogP contribution in [0.15, 0.2) is 42.2 Å². The molecule has 1 N–H and O–H groups in total. The summed E-state index contributed by atoms with van der Waals surface area (Å²) < 4.78 is 42.8. The number of carbonyl (C=O) groups is 1. The first-order chi connectivity index (χ1) is 14.2. The average Bonchev–Trinajstić information content (AvgIpc) is 2.69. The Morgan fingerprint density at radius 1 is 1.33 bits per heavy atom. The van der Waals surface area contributed by atoms with Crippen molar-refractivity contribution in [2.75, 3.05) is 25.5 Å². The van der Waals surface area contributed by atoms with Crippen molar-refractivity contribution >= 4 is 17.9 Å². The van der Waals surface area contributed by atoms with Gasteiger partial charge < -0.3 is 9.64 Å². The number of nitrogens with zero attached hydrogens (tertiary/aromatic N) is 3. The maximum atomic E-state index is 12.6. The van der Waals surface area contributed by atoms with Crippen LogP contribution in [0.1, 0.15) is 24.5 Å². The molecule has 0 spiro atoms. The van der Waals surface area contributed by atoms with E-state index in [9.17, 15) is 18.0 Å². The molecule has 30 heavy (non-hydrogen) atoms. The number of nitrogens with one attached hydrogen (secondary N) is 1. The van der Waals surface area contributed by atoms with Gasteiger partial charge in [-0.2, -0.15) is 13.2 Å². The van der Waals surface area contributed by atoms with E-state index in [1.165, 1.54) is 25.6 Å². The zero-order valence-electron chi connectivity index (χ0n) is 16.7. The van der Waals surface area contributed by atoms with Crippen molar-refractivity contribution in [3.63, 3.8) is 0 Å². The van der Waals surface area contributed by atoms with E-state index in [-0.39, 0.29) is 17.5 Å². The van der Waals surface area contributed by atoms with Crippen LogP contribution < -0.4 is 10.1 Å². The van der Waals surface area contributed by atoms with Crippen molar-refractivity contribution in [2.45, 2.75) is 25.9 Å². The quantitative estimate of drug-likeness (QED) is 0.788. The minimum absolute atomic E-state index is 0.0812. The highest BCUT2D eigenvalue weighted by atomic mass is 19.4. The largest absolute Gasteiger partial charge is 0.480 e. The molecule has 1 aromatic heterocycles. The molecule has 6 nitrogen and oxygen atoms in total. The van der Waals surface area contributed by atoms with Crippen molar-refractivity contribution in [1.29, 1.82) is 0 Å². The number of urea groups is 1. The molecule has 1 unspecified atom stereocenters. The minimum Gasteiger partial charge on any atom is -0.480 e. The normalized spacial score (nSPS) is 18.4. The van der Waals surface area contributed by atoms with Crippen molar-refractivity contribution < 1.29 is 22.7 Å². The van der Waals surface area contributed by atoms with Crippen LogP contribution in [0.3, 0.4) is 0 Å². The van der Waals surface area contributed by atoms with E-state index >= 15 is 0 Å². The standard InChI is InChI=1S/C21H23F3N4O2/c1-14-13-28(20(29)27-18-11-26-19(30-2)12-25-18)7-6-17(14)9-15-4-3-5-16(8-15)10-21(22,23)24/h3-5,8-9,11-12,14H,6-7,10,13H2,1-2H3,(H,25,27,29). The molecule has 1 aromatic carbocycles.